The molecular formula is C10H19NO2. The quantitative estimate of drug-likeness (QED) is 0.629. The fourth-order valence-corrected chi connectivity index (χ4v) is 1.50. The zero-order chi connectivity index (χ0) is 9.52. The Morgan fingerprint density at radius 1 is 1.31 bits per heavy atom. The summed E-state index contributed by atoms with van der Waals surface area (Å²) in [5.74, 6) is 0. The van der Waals surface area contributed by atoms with E-state index in [1.54, 1.807) is 4.90 Å². The molecule has 1 rings (SSSR count). The standard InChI is InChI=1S/C10H19NO2/c1-2-3-6-9-13-10(12)11-7-4-5-8-11/h2-9H2,1H3. The lowest BCUT2D eigenvalue weighted by Gasteiger charge is -2.14. The Morgan fingerprint density at radius 2 is 2.00 bits per heavy atom. The van der Waals surface area contributed by atoms with E-state index in [1.807, 2.05) is 0 Å². The summed E-state index contributed by atoms with van der Waals surface area (Å²) >= 11 is 0. The molecule has 1 aliphatic heterocycles. The second-order valence-corrected chi connectivity index (χ2v) is 3.52. The molecule has 0 radical (unpaired) electrons. The van der Waals surface area contributed by atoms with E-state index >= 15 is 0 Å². The van der Waals surface area contributed by atoms with Crippen LogP contribution < -0.4 is 0 Å². The van der Waals surface area contributed by atoms with Crippen molar-refractivity contribution in [3.8, 4) is 0 Å². The minimum Gasteiger partial charge on any atom is -0.449 e. The van der Waals surface area contributed by atoms with Crippen molar-refractivity contribution in [2.75, 3.05) is 19.7 Å². The minimum absolute atomic E-state index is 0.117. The first-order valence-corrected chi connectivity index (χ1v) is 5.26. The van der Waals surface area contributed by atoms with Crippen LogP contribution in [0.5, 0.6) is 0 Å². The number of unbranched alkanes of at least 4 members (excludes halogenated alkanes) is 2. The van der Waals surface area contributed by atoms with Crippen LogP contribution >= 0.6 is 0 Å². The normalized spacial score (nSPS) is 16.2. The van der Waals surface area contributed by atoms with E-state index in [2.05, 4.69) is 6.92 Å². The van der Waals surface area contributed by atoms with E-state index in [0.29, 0.717) is 6.61 Å². The molecule has 1 saturated heterocycles. The average molecular weight is 185 g/mol. The number of nitrogens with zero attached hydrogens (tertiary/aromatic N) is 1. The lowest BCUT2D eigenvalue weighted by Crippen LogP contribution is -2.28. The number of likely N-dealkylation sites (tertiary alicyclic amines) is 1. The Bertz CT molecular complexity index is 153. The van der Waals surface area contributed by atoms with Crippen molar-refractivity contribution >= 4 is 6.09 Å². The molecule has 1 heterocycles. The number of hydrogen-bond donors (Lipinski definition) is 0. The zero-order valence-corrected chi connectivity index (χ0v) is 8.42. The lowest BCUT2D eigenvalue weighted by atomic mass is 10.3. The number of hydrogen-bond acceptors (Lipinski definition) is 2. The van der Waals surface area contributed by atoms with Gasteiger partial charge in [-0.15, -0.1) is 0 Å². The van der Waals surface area contributed by atoms with Gasteiger partial charge in [-0.2, -0.15) is 0 Å². The highest BCUT2D eigenvalue weighted by atomic mass is 16.6. The highest BCUT2D eigenvalue weighted by Crippen LogP contribution is 2.09. The van der Waals surface area contributed by atoms with Crippen LogP contribution in [0.15, 0.2) is 0 Å². The maximum absolute atomic E-state index is 11.3. The summed E-state index contributed by atoms with van der Waals surface area (Å²) in [4.78, 5) is 13.1. The summed E-state index contributed by atoms with van der Waals surface area (Å²) in [6, 6.07) is 0. The van der Waals surface area contributed by atoms with Crippen LogP contribution in [0.4, 0.5) is 4.79 Å². The molecular weight excluding hydrogens is 166 g/mol. The van der Waals surface area contributed by atoms with Crippen LogP contribution in [-0.2, 0) is 4.74 Å². The molecule has 0 atom stereocenters. The molecule has 3 heteroatoms. The topological polar surface area (TPSA) is 29.5 Å². The number of carbonyl (C=O) groups excluding carboxylic acids is 1. The molecule has 3 nitrogen and oxygen atoms in total. The highest BCUT2D eigenvalue weighted by molar-refractivity contribution is 5.67. The summed E-state index contributed by atoms with van der Waals surface area (Å²) in [6.07, 6.45) is 5.45. The van der Waals surface area contributed by atoms with Crippen molar-refractivity contribution in [3.05, 3.63) is 0 Å². The van der Waals surface area contributed by atoms with Crippen molar-refractivity contribution in [3.63, 3.8) is 0 Å². The third-order valence-electron chi connectivity index (χ3n) is 2.34. The Hall–Kier alpha value is -0.730. The molecule has 76 valence electrons. The minimum atomic E-state index is -0.117. The molecule has 0 unspecified atom stereocenters. The fraction of sp³-hybridized carbons (Fsp3) is 0.900. The van der Waals surface area contributed by atoms with Gasteiger partial charge in [0.25, 0.3) is 0 Å². The average Bonchev–Trinajstić information content (AvgIpc) is 2.65. The summed E-state index contributed by atoms with van der Waals surface area (Å²) in [5.41, 5.74) is 0. The van der Waals surface area contributed by atoms with Gasteiger partial charge in [-0.05, 0) is 19.3 Å². The molecule has 1 fully saturated rings. The van der Waals surface area contributed by atoms with Crippen LogP contribution in [0, 0.1) is 0 Å². The number of carbonyl (C=O) groups is 1. The van der Waals surface area contributed by atoms with Crippen LogP contribution in [0.1, 0.15) is 39.0 Å². The third kappa shape index (κ3) is 3.66. The van der Waals surface area contributed by atoms with E-state index < -0.39 is 0 Å². The van der Waals surface area contributed by atoms with Gasteiger partial charge >= 0.3 is 6.09 Å². The molecule has 0 aromatic rings. The first-order chi connectivity index (χ1) is 6.34. The van der Waals surface area contributed by atoms with Crippen molar-refractivity contribution in [2.45, 2.75) is 39.0 Å². The second-order valence-electron chi connectivity index (χ2n) is 3.52. The molecule has 0 aromatic carbocycles. The van der Waals surface area contributed by atoms with E-state index in [9.17, 15) is 4.79 Å². The fourth-order valence-electron chi connectivity index (χ4n) is 1.50. The Morgan fingerprint density at radius 3 is 2.62 bits per heavy atom. The van der Waals surface area contributed by atoms with Gasteiger partial charge in [0.2, 0.25) is 0 Å². The van der Waals surface area contributed by atoms with Crippen LogP contribution in [0.2, 0.25) is 0 Å². The van der Waals surface area contributed by atoms with E-state index in [0.717, 1.165) is 38.8 Å². The smallest absolute Gasteiger partial charge is 0.409 e. The molecule has 0 spiro atoms. The Balaban J connectivity index is 2.03. The third-order valence-corrected chi connectivity index (χ3v) is 2.34. The zero-order valence-electron chi connectivity index (χ0n) is 8.42. The first-order valence-electron chi connectivity index (χ1n) is 5.26. The molecule has 1 aliphatic rings. The van der Waals surface area contributed by atoms with Crippen LogP contribution in [0.25, 0.3) is 0 Å². The van der Waals surface area contributed by atoms with Gasteiger partial charge in [0.1, 0.15) is 0 Å². The van der Waals surface area contributed by atoms with Crippen molar-refractivity contribution in [1.82, 2.24) is 4.90 Å². The summed E-state index contributed by atoms with van der Waals surface area (Å²) < 4.78 is 5.12. The van der Waals surface area contributed by atoms with E-state index in [1.165, 1.54) is 6.42 Å². The molecule has 0 aromatic heterocycles. The molecule has 0 saturated carbocycles. The van der Waals surface area contributed by atoms with Gasteiger partial charge in [-0.3, -0.25) is 0 Å². The Kier molecular flexibility index (Phi) is 4.65. The van der Waals surface area contributed by atoms with Gasteiger partial charge in [0.05, 0.1) is 6.61 Å². The molecule has 1 amide bonds. The second kappa shape index (κ2) is 5.84. The monoisotopic (exact) mass is 185 g/mol. The van der Waals surface area contributed by atoms with Gasteiger partial charge in [0, 0.05) is 13.1 Å². The predicted octanol–water partition coefficient (Wildman–Crippen LogP) is 2.41. The van der Waals surface area contributed by atoms with Gasteiger partial charge in [-0.1, -0.05) is 19.8 Å². The van der Waals surface area contributed by atoms with Crippen LogP contribution in [-0.4, -0.2) is 30.7 Å². The predicted molar refractivity (Wildman–Crippen MR) is 51.7 cm³/mol. The van der Waals surface area contributed by atoms with Crippen molar-refractivity contribution < 1.29 is 9.53 Å². The SMILES string of the molecule is CCCCCOC(=O)N1CCCC1. The number of ether oxygens (including phenoxy) is 1. The molecule has 0 bridgehead atoms. The first kappa shape index (κ1) is 10.4. The van der Waals surface area contributed by atoms with Crippen molar-refractivity contribution in [1.29, 1.82) is 0 Å². The highest BCUT2D eigenvalue weighted by Gasteiger charge is 2.18. The van der Waals surface area contributed by atoms with E-state index in [4.69, 9.17) is 4.74 Å². The maximum atomic E-state index is 11.3. The summed E-state index contributed by atoms with van der Waals surface area (Å²) in [5, 5.41) is 0. The Labute approximate surface area is 80.1 Å². The molecule has 0 aliphatic carbocycles. The van der Waals surface area contributed by atoms with Gasteiger partial charge < -0.3 is 9.64 Å². The van der Waals surface area contributed by atoms with Crippen molar-refractivity contribution in [2.24, 2.45) is 0 Å². The van der Waals surface area contributed by atoms with Gasteiger partial charge in [-0.25, -0.2) is 4.79 Å². The maximum Gasteiger partial charge on any atom is 0.409 e. The van der Waals surface area contributed by atoms with Gasteiger partial charge in [0.15, 0.2) is 0 Å². The number of amides is 1. The summed E-state index contributed by atoms with van der Waals surface area (Å²) in [6.45, 7) is 4.49. The number of rotatable bonds is 4. The lowest BCUT2D eigenvalue weighted by molar-refractivity contribution is 0.109. The summed E-state index contributed by atoms with van der Waals surface area (Å²) in [7, 11) is 0. The largest absolute Gasteiger partial charge is 0.449 e. The van der Waals surface area contributed by atoms with E-state index in [-0.39, 0.29) is 6.09 Å². The molecule has 0 N–H and O–H groups in total. The molecule has 13 heavy (non-hydrogen) atoms. The van der Waals surface area contributed by atoms with Crippen LogP contribution in [0.3, 0.4) is 0 Å².